The number of rotatable bonds is 2. The van der Waals surface area contributed by atoms with E-state index in [1.54, 1.807) is 11.3 Å². The largest absolute Gasteiger partial charge is 0.361 e. The number of thiazole rings is 1. The predicted octanol–water partition coefficient (Wildman–Crippen LogP) is 3.65. The molecular weight excluding hydrogens is 258 g/mol. The summed E-state index contributed by atoms with van der Waals surface area (Å²) in [4.78, 5) is 7.18. The number of hydrogen-bond acceptors (Lipinski definition) is 5. The van der Waals surface area contributed by atoms with Crippen LogP contribution in [-0.4, -0.2) is 23.2 Å². The van der Waals surface area contributed by atoms with Gasteiger partial charge in [0.25, 0.3) is 0 Å². The van der Waals surface area contributed by atoms with Gasteiger partial charge in [0.2, 0.25) is 0 Å². The van der Waals surface area contributed by atoms with Crippen molar-refractivity contribution in [3.63, 3.8) is 0 Å². The Kier molecular flexibility index (Phi) is 3.31. The second-order valence-electron chi connectivity index (χ2n) is 5.41. The van der Waals surface area contributed by atoms with Crippen LogP contribution in [0.3, 0.4) is 0 Å². The molecule has 0 saturated carbocycles. The van der Waals surface area contributed by atoms with Crippen molar-refractivity contribution in [3.8, 4) is 11.3 Å². The molecule has 5 heteroatoms. The minimum absolute atomic E-state index is 0.764. The Morgan fingerprint density at radius 2 is 2.26 bits per heavy atom. The van der Waals surface area contributed by atoms with Gasteiger partial charge in [-0.25, -0.2) is 4.98 Å². The van der Waals surface area contributed by atoms with Crippen LogP contribution in [-0.2, 0) is 0 Å². The monoisotopic (exact) mass is 277 g/mol. The number of anilines is 1. The van der Waals surface area contributed by atoms with Crippen LogP contribution in [0.4, 0.5) is 5.13 Å². The summed E-state index contributed by atoms with van der Waals surface area (Å²) in [6.45, 7) is 8.47. The van der Waals surface area contributed by atoms with E-state index in [0.717, 1.165) is 46.9 Å². The highest BCUT2D eigenvalue weighted by atomic mass is 32.1. The third kappa shape index (κ3) is 2.39. The first-order chi connectivity index (χ1) is 9.15. The normalized spacial score (nSPS) is 19.9. The van der Waals surface area contributed by atoms with Crippen LogP contribution >= 0.6 is 11.3 Å². The molecule has 0 spiro atoms. The number of aryl methyl sites for hydroxylation is 2. The Hall–Kier alpha value is -1.36. The fourth-order valence-electron chi connectivity index (χ4n) is 2.74. The zero-order chi connectivity index (χ0) is 13.4. The van der Waals surface area contributed by atoms with E-state index in [0.29, 0.717) is 0 Å². The summed E-state index contributed by atoms with van der Waals surface area (Å²) in [6, 6.07) is 0. The van der Waals surface area contributed by atoms with E-state index in [9.17, 15) is 0 Å². The Morgan fingerprint density at radius 3 is 2.95 bits per heavy atom. The van der Waals surface area contributed by atoms with E-state index in [4.69, 9.17) is 9.51 Å². The Morgan fingerprint density at radius 1 is 1.42 bits per heavy atom. The molecule has 0 amide bonds. The van der Waals surface area contributed by atoms with Gasteiger partial charge in [-0.3, -0.25) is 0 Å². The first kappa shape index (κ1) is 12.7. The molecule has 2 aromatic heterocycles. The van der Waals surface area contributed by atoms with Crippen molar-refractivity contribution in [1.82, 2.24) is 10.1 Å². The summed E-state index contributed by atoms with van der Waals surface area (Å²) < 4.78 is 5.22. The summed E-state index contributed by atoms with van der Waals surface area (Å²) in [7, 11) is 0. The van der Waals surface area contributed by atoms with Gasteiger partial charge < -0.3 is 9.42 Å². The summed E-state index contributed by atoms with van der Waals surface area (Å²) in [5.41, 5.74) is 2.96. The quantitative estimate of drug-likeness (QED) is 0.840. The summed E-state index contributed by atoms with van der Waals surface area (Å²) in [5.74, 6) is 1.61. The fourth-order valence-corrected chi connectivity index (χ4v) is 3.59. The molecule has 1 atom stereocenters. The number of hydrogen-bond donors (Lipinski definition) is 0. The van der Waals surface area contributed by atoms with Crippen LogP contribution in [0.15, 0.2) is 9.90 Å². The van der Waals surface area contributed by atoms with E-state index >= 15 is 0 Å². The third-order valence-electron chi connectivity index (χ3n) is 3.71. The molecule has 2 aromatic rings. The molecule has 3 rings (SSSR count). The minimum Gasteiger partial charge on any atom is -0.361 e. The van der Waals surface area contributed by atoms with Crippen LogP contribution in [0.2, 0.25) is 0 Å². The zero-order valence-corrected chi connectivity index (χ0v) is 12.5. The van der Waals surface area contributed by atoms with Crippen molar-refractivity contribution in [1.29, 1.82) is 0 Å². The average Bonchev–Trinajstić information content (AvgIpc) is 2.97. The average molecular weight is 277 g/mol. The zero-order valence-electron chi connectivity index (χ0n) is 11.6. The van der Waals surface area contributed by atoms with Crippen molar-refractivity contribution in [3.05, 3.63) is 16.8 Å². The highest BCUT2D eigenvalue weighted by molar-refractivity contribution is 7.14. The van der Waals surface area contributed by atoms with Crippen molar-refractivity contribution in [2.45, 2.75) is 33.6 Å². The van der Waals surface area contributed by atoms with Gasteiger partial charge in [-0.15, -0.1) is 11.3 Å². The smallest absolute Gasteiger partial charge is 0.185 e. The van der Waals surface area contributed by atoms with Gasteiger partial charge in [0.1, 0.15) is 5.76 Å². The van der Waals surface area contributed by atoms with Crippen molar-refractivity contribution < 1.29 is 4.52 Å². The lowest BCUT2D eigenvalue weighted by molar-refractivity contribution is 0.393. The van der Waals surface area contributed by atoms with Crippen molar-refractivity contribution >= 4 is 16.5 Å². The van der Waals surface area contributed by atoms with Crippen molar-refractivity contribution in [2.75, 3.05) is 18.0 Å². The van der Waals surface area contributed by atoms with E-state index < -0.39 is 0 Å². The van der Waals surface area contributed by atoms with Crippen LogP contribution < -0.4 is 4.90 Å². The molecule has 1 aliphatic rings. The van der Waals surface area contributed by atoms with Crippen LogP contribution in [0.5, 0.6) is 0 Å². The molecular formula is C14H19N3OS. The minimum atomic E-state index is 0.764. The first-order valence-corrected chi connectivity index (χ1v) is 7.67. The van der Waals surface area contributed by atoms with Crippen LogP contribution in [0, 0.1) is 19.8 Å². The highest BCUT2D eigenvalue weighted by Gasteiger charge is 2.21. The Balaban J connectivity index is 1.87. The molecule has 0 N–H and O–H groups in total. The summed E-state index contributed by atoms with van der Waals surface area (Å²) >= 11 is 1.72. The SMILES string of the molecule is Cc1noc(C)c1-c1csc(N2CCC[C@H](C)C2)n1. The van der Waals surface area contributed by atoms with Gasteiger partial charge in [-0.1, -0.05) is 12.1 Å². The van der Waals surface area contributed by atoms with E-state index in [2.05, 4.69) is 22.4 Å². The maximum Gasteiger partial charge on any atom is 0.185 e. The van der Waals surface area contributed by atoms with Gasteiger partial charge in [-0.05, 0) is 32.6 Å². The molecule has 4 nitrogen and oxygen atoms in total. The highest BCUT2D eigenvalue weighted by Crippen LogP contribution is 2.33. The van der Waals surface area contributed by atoms with Gasteiger partial charge in [-0.2, -0.15) is 0 Å². The number of nitrogens with zero attached hydrogens (tertiary/aromatic N) is 3. The second-order valence-corrected chi connectivity index (χ2v) is 6.24. The lowest BCUT2D eigenvalue weighted by atomic mass is 10.0. The van der Waals surface area contributed by atoms with E-state index in [1.165, 1.54) is 12.8 Å². The lowest BCUT2D eigenvalue weighted by Gasteiger charge is -2.30. The predicted molar refractivity (Wildman–Crippen MR) is 77.7 cm³/mol. The topological polar surface area (TPSA) is 42.2 Å². The van der Waals surface area contributed by atoms with Crippen LogP contribution in [0.1, 0.15) is 31.2 Å². The fraction of sp³-hybridized carbons (Fsp3) is 0.571. The van der Waals surface area contributed by atoms with E-state index in [-0.39, 0.29) is 0 Å². The van der Waals surface area contributed by atoms with Crippen molar-refractivity contribution in [2.24, 2.45) is 5.92 Å². The van der Waals surface area contributed by atoms with Gasteiger partial charge in [0.15, 0.2) is 5.13 Å². The molecule has 1 saturated heterocycles. The molecule has 1 aliphatic heterocycles. The standard InChI is InChI=1S/C14H19N3OS/c1-9-5-4-6-17(7-9)14-15-12(8-19-14)13-10(2)16-18-11(13)3/h8-9H,4-7H2,1-3H3/t9-/m0/s1. The molecule has 0 aromatic carbocycles. The molecule has 0 unspecified atom stereocenters. The Bertz CT molecular complexity index is 556. The van der Waals surface area contributed by atoms with Crippen LogP contribution in [0.25, 0.3) is 11.3 Å². The number of piperidine rings is 1. The lowest BCUT2D eigenvalue weighted by Crippen LogP contribution is -2.34. The maximum atomic E-state index is 5.22. The molecule has 3 heterocycles. The molecule has 19 heavy (non-hydrogen) atoms. The van der Waals surface area contributed by atoms with Gasteiger partial charge in [0, 0.05) is 18.5 Å². The summed E-state index contributed by atoms with van der Waals surface area (Å²) in [6.07, 6.45) is 2.60. The maximum absolute atomic E-state index is 5.22. The molecule has 0 aliphatic carbocycles. The molecule has 1 fully saturated rings. The summed E-state index contributed by atoms with van der Waals surface area (Å²) in [5, 5.41) is 7.24. The third-order valence-corrected chi connectivity index (χ3v) is 4.61. The Labute approximate surface area is 117 Å². The molecule has 0 bridgehead atoms. The first-order valence-electron chi connectivity index (χ1n) is 6.79. The molecule has 0 radical (unpaired) electrons. The van der Waals surface area contributed by atoms with Gasteiger partial charge >= 0.3 is 0 Å². The van der Waals surface area contributed by atoms with Gasteiger partial charge in [0.05, 0.1) is 17.0 Å². The van der Waals surface area contributed by atoms with E-state index in [1.807, 2.05) is 13.8 Å². The molecule has 102 valence electrons. The second kappa shape index (κ2) is 4.96. The number of aromatic nitrogens is 2.